The first-order valence-corrected chi connectivity index (χ1v) is 21.3. The van der Waals surface area contributed by atoms with Crippen LogP contribution in [0.2, 0.25) is 24.7 Å². The van der Waals surface area contributed by atoms with Crippen LogP contribution in [0.5, 0.6) is 0 Å². The van der Waals surface area contributed by atoms with Crippen LogP contribution in [-0.4, -0.2) is 68.9 Å². The molecule has 2 aromatic carbocycles. The molecule has 1 N–H and O–H groups in total. The van der Waals surface area contributed by atoms with E-state index in [1.54, 1.807) is 12.1 Å². The summed E-state index contributed by atoms with van der Waals surface area (Å²) in [7, 11) is -5.14. The van der Waals surface area contributed by atoms with Crippen molar-refractivity contribution in [3.8, 4) is 6.07 Å². The number of fused-ring (bicyclic) bond motifs is 1. The Bertz CT molecular complexity index is 1780. The van der Waals surface area contributed by atoms with E-state index in [0.29, 0.717) is 11.2 Å². The topological polar surface area (TPSA) is 146 Å². The molecule has 0 saturated carbocycles. The minimum Gasteiger partial charge on any atom is -0.428 e. The van der Waals surface area contributed by atoms with E-state index in [0.717, 1.165) is 10.4 Å². The molecule has 49 heavy (non-hydrogen) atoms. The van der Waals surface area contributed by atoms with Crippen molar-refractivity contribution in [3.63, 3.8) is 0 Å². The van der Waals surface area contributed by atoms with Crippen LogP contribution in [-0.2, 0) is 33.5 Å². The first-order chi connectivity index (χ1) is 23.2. The lowest BCUT2D eigenvalue weighted by atomic mass is 9.94. The minimum absolute atomic E-state index is 0.123. The standard InChI is InChI=1S/C35H42N5O7Si2/c1-25(41)43-24-44-33(42)39-32-29-18-19-30(40(29)38-23-37-32)35(22-36)31(47-48(5,6)7)20-26(46-35)21-45-49(34(2,3)4,27-14-10-8-11-15-27)28-16-12-9-13-17-28/h8-20,23,26,31H,21,24H2,1-7H3,(H,37,38,39,42)/t26-,31-,35+/m1/s1. The molecule has 1 amide bonds. The van der Waals surface area contributed by atoms with E-state index < -0.39 is 53.3 Å². The average molecular weight is 701 g/mol. The second kappa shape index (κ2) is 14.2. The van der Waals surface area contributed by atoms with E-state index in [1.807, 2.05) is 42.8 Å². The summed E-state index contributed by atoms with van der Waals surface area (Å²) in [4.78, 5) is 27.6. The second-order valence-electron chi connectivity index (χ2n) is 13.8. The van der Waals surface area contributed by atoms with Gasteiger partial charge in [-0.05, 0) is 47.2 Å². The molecule has 12 nitrogen and oxygen atoms in total. The second-order valence-corrected chi connectivity index (χ2v) is 22.5. The molecule has 1 aliphatic heterocycles. The Morgan fingerprint density at radius 2 is 1.63 bits per heavy atom. The minimum atomic E-state index is -2.91. The molecule has 1 fully saturated rings. The van der Waals surface area contributed by atoms with Gasteiger partial charge in [-0.1, -0.05) is 81.4 Å². The third-order valence-electron chi connectivity index (χ3n) is 8.16. The number of nitrogens with zero attached hydrogens (tertiary/aromatic N) is 4. The number of carbonyl (C=O) groups is 2. The lowest BCUT2D eigenvalue weighted by Gasteiger charge is -2.43. The van der Waals surface area contributed by atoms with Crippen molar-refractivity contribution in [2.24, 2.45) is 0 Å². The fourth-order valence-electron chi connectivity index (χ4n) is 6.20. The van der Waals surface area contributed by atoms with Gasteiger partial charge in [-0.25, -0.2) is 14.3 Å². The number of nitriles is 1. The molecule has 0 bridgehead atoms. The van der Waals surface area contributed by atoms with Gasteiger partial charge in [-0.3, -0.25) is 10.1 Å². The van der Waals surface area contributed by atoms with E-state index in [9.17, 15) is 14.9 Å². The van der Waals surface area contributed by atoms with Crippen LogP contribution >= 0.6 is 0 Å². The molecule has 1 aliphatic rings. The summed E-state index contributed by atoms with van der Waals surface area (Å²) in [5.41, 5.74) is -0.816. The molecule has 0 spiro atoms. The predicted molar refractivity (Wildman–Crippen MR) is 188 cm³/mol. The number of rotatable bonds is 11. The highest BCUT2D eigenvalue weighted by atomic mass is 28.4. The van der Waals surface area contributed by atoms with Crippen molar-refractivity contribution in [3.05, 3.63) is 91.2 Å². The van der Waals surface area contributed by atoms with Gasteiger partial charge in [0.05, 0.1) is 24.5 Å². The summed E-state index contributed by atoms with van der Waals surface area (Å²) in [6.45, 7) is 13.6. The number of aromatic nitrogens is 3. The van der Waals surface area contributed by atoms with E-state index >= 15 is 0 Å². The highest BCUT2D eigenvalue weighted by Gasteiger charge is 2.56. The zero-order valence-electron chi connectivity index (χ0n) is 28.8. The Labute approximate surface area is 288 Å². The zero-order valence-corrected chi connectivity index (χ0v) is 30.8. The Morgan fingerprint density at radius 1 is 1.00 bits per heavy atom. The van der Waals surface area contributed by atoms with Crippen LogP contribution in [0.15, 0.2) is 79.1 Å². The smallest absolute Gasteiger partial charge is 0.415 e. The summed E-state index contributed by atoms with van der Waals surface area (Å²) >= 11 is 0. The van der Waals surface area contributed by atoms with Crippen molar-refractivity contribution in [1.29, 1.82) is 5.26 Å². The molecular weight excluding hydrogens is 659 g/mol. The van der Waals surface area contributed by atoms with Crippen LogP contribution in [0.1, 0.15) is 33.4 Å². The maximum Gasteiger partial charge on any atom is 0.415 e. The normalized spacial score (nSPS) is 19.7. The molecule has 0 aliphatic carbocycles. The largest absolute Gasteiger partial charge is 0.428 e. The Balaban J connectivity index is 1.50. The van der Waals surface area contributed by atoms with Gasteiger partial charge in [-0.2, -0.15) is 10.4 Å². The molecule has 3 heterocycles. The fourth-order valence-corrected chi connectivity index (χ4v) is 11.8. The van der Waals surface area contributed by atoms with Crippen molar-refractivity contribution in [1.82, 2.24) is 14.6 Å². The molecule has 1 saturated heterocycles. The number of ether oxygens (including phenoxy) is 3. The van der Waals surface area contributed by atoms with E-state index in [-0.39, 0.29) is 17.5 Å². The SMILES string of the molecule is CC(=O)OCOC(=O)Nc1ncnn2c([C@]3(C#N)O[C@@H](CO[Si](c4ccccc4)(c4ccccc4)C(C)(C)C)[CH][C@H]3O[Si](C)(C)C)ccc12. The van der Waals surface area contributed by atoms with Gasteiger partial charge in [0.15, 0.2) is 14.1 Å². The summed E-state index contributed by atoms with van der Waals surface area (Å²) in [5, 5.41) is 19.9. The monoisotopic (exact) mass is 700 g/mol. The summed E-state index contributed by atoms with van der Waals surface area (Å²) < 4.78 is 31.6. The maximum absolute atomic E-state index is 12.4. The van der Waals surface area contributed by atoms with E-state index in [1.165, 1.54) is 17.8 Å². The van der Waals surface area contributed by atoms with Gasteiger partial charge in [0.1, 0.15) is 17.9 Å². The Morgan fingerprint density at radius 3 is 2.18 bits per heavy atom. The zero-order chi connectivity index (χ0) is 35.5. The lowest BCUT2D eigenvalue weighted by Crippen LogP contribution is -2.67. The van der Waals surface area contributed by atoms with Gasteiger partial charge < -0.3 is 23.1 Å². The molecule has 5 rings (SSSR count). The highest BCUT2D eigenvalue weighted by molar-refractivity contribution is 6.99. The van der Waals surface area contributed by atoms with Crippen molar-refractivity contribution >= 4 is 50.4 Å². The summed E-state index contributed by atoms with van der Waals surface area (Å²) in [6.07, 6.45) is 0.926. The van der Waals surface area contributed by atoms with Crippen LogP contribution in [0.4, 0.5) is 10.6 Å². The average Bonchev–Trinajstić information content (AvgIpc) is 3.63. The Hall–Kier alpha value is -4.40. The molecule has 1 radical (unpaired) electrons. The third kappa shape index (κ3) is 7.46. The van der Waals surface area contributed by atoms with Gasteiger partial charge in [0, 0.05) is 13.3 Å². The summed E-state index contributed by atoms with van der Waals surface area (Å²) in [5.74, 6) is -0.465. The molecule has 2 aromatic heterocycles. The quantitative estimate of drug-likeness (QED) is 0.130. The molecule has 3 atom stereocenters. The number of benzene rings is 2. The van der Waals surface area contributed by atoms with Crippen molar-refractivity contribution in [2.45, 2.75) is 70.2 Å². The Kier molecular flexibility index (Phi) is 10.4. The fraction of sp³-hybridized carbons (Fsp3) is 0.371. The number of carbonyl (C=O) groups excluding carboxylic acids is 2. The number of amides is 1. The van der Waals surface area contributed by atoms with Crippen LogP contribution in [0.25, 0.3) is 5.52 Å². The first kappa shape index (κ1) is 35.9. The van der Waals surface area contributed by atoms with Crippen LogP contribution < -0.4 is 15.7 Å². The molecule has 14 heteroatoms. The van der Waals surface area contributed by atoms with Gasteiger partial charge in [0.2, 0.25) is 12.4 Å². The highest BCUT2D eigenvalue weighted by Crippen LogP contribution is 2.44. The predicted octanol–water partition coefficient (Wildman–Crippen LogP) is 4.92. The lowest BCUT2D eigenvalue weighted by molar-refractivity contribution is -0.148. The van der Waals surface area contributed by atoms with Crippen molar-refractivity contribution in [2.75, 3.05) is 18.7 Å². The molecule has 257 valence electrons. The first-order valence-electron chi connectivity index (χ1n) is 16.0. The van der Waals surface area contributed by atoms with Crippen molar-refractivity contribution < 1.29 is 32.7 Å². The molecular formula is C35H42N5O7Si2. The molecule has 0 unspecified atom stereocenters. The van der Waals surface area contributed by atoms with Gasteiger partial charge in [-0.15, -0.1) is 0 Å². The maximum atomic E-state index is 12.4. The number of esters is 1. The number of hydrogen-bond donors (Lipinski definition) is 1. The molecule has 4 aromatic rings. The van der Waals surface area contributed by atoms with E-state index in [4.69, 9.17) is 18.3 Å². The van der Waals surface area contributed by atoms with Gasteiger partial charge >= 0.3 is 12.1 Å². The summed E-state index contributed by atoms with van der Waals surface area (Å²) in [6, 6.07) is 26.5. The van der Waals surface area contributed by atoms with Crippen LogP contribution in [0, 0.1) is 17.8 Å². The van der Waals surface area contributed by atoms with Gasteiger partial charge in [0.25, 0.3) is 8.32 Å². The third-order valence-corrected chi connectivity index (χ3v) is 14.1. The van der Waals surface area contributed by atoms with Crippen LogP contribution in [0.3, 0.4) is 0 Å². The number of nitrogens with one attached hydrogen (secondary N) is 1. The van der Waals surface area contributed by atoms with E-state index in [2.05, 4.69) is 90.9 Å². The number of anilines is 1. The number of hydrogen-bond acceptors (Lipinski definition) is 10.